The van der Waals surface area contributed by atoms with Crippen LogP contribution < -0.4 is 10.4 Å². The highest BCUT2D eigenvalue weighted by Gasteiger charge is 1.78. The van der Waals surface area contributed by atoms with Crippen LogP contribution in [-0.4, -0.2) is 38.2 Å². The average Bonchev–Trinajstić information content (AvgIpc) is 1.90. The maximum atomic E-state index is 9.51. The number of hydrogen-bond acceptors (Lipinski definition) is 2. The number of quaternary nitrogens is 1. The van der Waals surface area contributed by atoms with E-state index in [9.17, 15) is 9.90 Å². The maximum Gasteiger partial charge on any atom is 0.136 e. The van der Waals surface area contributed by atoms with Gasteiger partial charge in [-0.05, 0) is 13.8 Å². The molecule has 0 bridgehead atoms. The third-order valence-corrected chi connectivity index (χ3v) is 0.942. The van der Waals surface area contributed by atoms with Crippen molar-refractivity contribution in [1.29, 1.82) is 0 Å². The summed E-state index contributed by atoms with van der Waals surface area (Å²) in [5, 5.41) is 11.8. The van der Waals surface area contributed by atoms with Crippen molar-refractivity contribution in [3.05, 3.63) is 0 Å². The molecule has 2 N–H and O–H groups in total. The number of nitrogens with two attached hydrogens (primary N) is 1. The van der Waals surface area contributed by atoms with E-state index in [1.807, 2.05) is 0 Å². The smallest absolute Gasteiger partial charge is 0.136 e. The minimum absolute atomic E-state index is 0.972. The van der Waals surface area contributed by atoms with Gasteiger partial charge in [0.05, 0.1) is 13.1 Å². The molecule has 0 aromatic rings. The normalized spacial score (nSPS) is 8.00. The fourth-order valence-corrected chi connectivity index (χ4v) is 0.289. The number of carbonyl (C=O) groups excluding carboxylic acids is 1. The average molecular weight is 162 g/mol. The lowest BCUT2D eigenvalue weighted by atomic mass is 10.7. The van der Waals surface area contributed by atoms with Crippen LogP contribution in [0.2, 0.25) is 0 Å². The fourth-order valence-electron chi connectivity index (χ4n) is 0.289. The predicted molar refractivity (Wildman–Crippen MR) is 42.1 cm³/mol. The lowest BCUT2D eigenvalue weighted by Gasteiger charge is -2.10. The topological polar surface area (TPSA) is 60.0 Å². The van der Waals surface area contributed by atoms with Crippen LogP contribution in [0.5, 0.6) is 0 Å². The minimum Gasteiger partial charge on any atom is -0.530 e. The maximum absolute atomic E-state index is 9.51. The second-order valence-corrected chi connectivity index (χ2v) is 2.27. The lowest BCUT2D eigenvalue weighted by molar-refractivity contribution is -0.648. The highest BCUT2D eigenvalue weighted by molar-refractivity contribution is 5.61. The van der Waals surface area contributed by atoms with Crippen LogP contribution >= 0.6 is 0 Å². The van der Waals surface area contributed by atoms with E-state index in [0.717, 1.165) is 4.90 Å². The van der Waals surface area contributed by atoms with Crippen molar-refractivity contribution < 1.29 is 15.2 Å². The van der Waals surface area contributed by atoms with E-state index in [0.29, 0.717) is 0 Å². The van der Waals surface area contributed by atoms with Gasteiger partial charge in [0.15, 0.2) is 0 Å². The standard InChI is InChI=1S/C4H11N.C3H7NO2/c1-3-5-4-2;1-4(2)3(5)6/h5H,3-4H2,1-2H3;1-2H3,(H,5,6). The molecule has 0 saturated carbocycles. The largest absolute Gasteiger partial charge is 0.530 e. The van der Waals surface area contributed by atoms with Crippen LogP contribution in [0.1, 0.15) is 13.8 Å². The van der Waals surface area contributed by atoms with E-state index < -0.39 is 6.09 Å². The third kappa shape index (κ3) is 17.6. The first-order valence-corrected chi connectivity index (χ1v) is 3.76. The molecule has 0 aromatic carbocycles. The molecule has 68 valence electrons. The summed E-state index contributed by atoms with van der Waals surface area (Å²) in [4.78, 5) is 10.5. The van der Waals surface area contributed by atoms with Crippen LogP contribution in [0.25, 0.3) is 0 Å². The molecule has 0 spiro atoms. The number of rotatable bonds is 2. The van der Waals surface area contributed by atoms with Gasteiger partial charge in [0.2, 0.25) is 0 Å². The Morgan fingerprint density at radius 2 is 1.64 bits per heavy atom. The second kappa shape index (κ2) is 9.23. The summed E-state index contributed by atoms with van der Waals surface area (Å²) >= 11 is 0. The van der Waals surface area contributed by atoms with E-state index in [4.69, 9.17) is 0 Å². The lowest BCUT2D eigenvalue weighted by Crippen LogP contribution is -2.82. The van der Waals surface area contributed by atoms with Gasteiger partial charge in [0, 0.05) is 14.1 Å². The van der Waals surface area contributed by atoms with Crippen LogP contribution in [-0.2, 0) is 0 Å². The van der Waals surface area contributed by atoms with Crippen LogP contribution in [0, 0.1) is 0 Å². The van der Waals surface area contributed by atoms with Gasteiger partial charge >= 0.3 is 0 Å². The Morgan fingerprint density at radius 3 is 1.64 bits per heavy atom. The van der Waals surface area contributed by atoms with Gasteiger partial charge in [0.25, 0.3) is 0 Å². The first-order chi connectivity index (χ1) is 5.06. The second-order valence-electron chi connectivity index (χ2n) is 2.27. The van der Waals surface area contributed by atoms with Crippen molar-refractivity contribution >= 4 is 6.09 Å². The fraction of sp³-hybridized carbons (Fsp3) is 0.857. The Labute approximate surface area is 68.2 Å². The van der Waals surface area contributed by atoms with Crippen LogP contribution in [0.15, 0.2) is 0 Å². The Balaban J connectivity index is 0. The zero-order chi connectivity index (χ0) is 9.28. The van der Waals surface area contributed by atoms with E-state index in [1.54, 1.807) is 0 Å². The van der Waals surface area contributed by atoms with Crippen molar-refractivity contribution in [2.24, 2.45) is 0 Å². The molecule has 1 amide bonds. The molecule has 4 nitrogen and oxygen atoms in total. The Kier molecular flexibility index (Phi) is 10.8. The van der Waals surface area contributed by atoms with Crippen molar-refractivity contribution in [2.75, 3.05) is 27.2 Å². The third-order valence-electron chi connectivity index (χ3n) is 0.942. The quantitative estimate of drug-likeness (QED) is 0.536. The number of hydrogen-bond donors (Lipinski definition) is 1. The number of carbonyl (C=O) groups is 1. The molecule has 11 heavy (non-hydrogen) atoms. The number of amides is 1. The molecule has 0 atom stereocenters. The van der Waals surface area contributed by atoms with Gasteiger partial charge in [-0.15, -0.1) is 0 Å². The first kappa shape index (κ1) is 12.9. The summed E-state index contributed by atoms with van der Waals surface area (Å²) in [6.45, 7) is 6.75. The van der Waals surface area contributed by atoms with Gasteiger partial charge in [0.1, 0.15) is 6.09 Å². The Bertz CT molecular complexity index is 92.4. The molecular formula is C7H18N2O2. The summed E-state index contributed by atoms with van der Waals surface area (Å²) in [5.74, 6) is 0. The number of carboxylic acid groups (broad SMARTS) is 1. The van der Waals surface area contributed by atoms with Crippen LogP contribution in [0.3, 0.4) is 0 Å². The highest BCUT2D eigenvalue weighted by atomic mass is 16.4. The van der Waals surface area contributed by atoms with E-state index in [2.05, 4.69) is 19.2 Å². The van der Waals surface area contributed by atoms with Crippen molar-refractivity contribution in [2.45, 2.75) is 13.8 Å². The zero-order valence-corrected chi connectivity index (χ0v) is 7.76. The molecule has 0 aliphatic carbocycles. The molecule has 0 aliphatic heterocycles. The highest BCUT2D eigenvalue weighted by Crippen LogP contribution is 1.64. The summed E-state index contributed by atoms with van der Waals surface area (Å²) in [5.41, 5.74) is 0. The molecule has 0 saturated heterocycles. The van der Waals surface area contributed by atoms with Gasteiger partial charge in [-0.1, -0.05) is 0 Å². The summed E-state index contributed by atoms with van der Waals surface area (Å²) in [7, 11) is 2.82. The molecule has 0 aliphatic rings. The predicted octanol–water partition coefficient (Wildman–Crippen LogP) is -1.52. The van der Waals surface area contributed by atoms with Crippen molar-refractivity contribution in [3.63, 3.8) is 0 Å². The van der Waals surface area contributed by atoms with Gasteiger partial charge in [-0.25, -0.2) is 0 Å². The summed E-state index contributed by atoms with van der Waals surface area (Å²) in [6.07, 6.45) is -1.16. The van der Waals surface area contributed by atoms with Gasteiger partial charge in [-0.2, -0.15) is 0 Å². The van der Waals surface area contributed by atoms with Gasteiger partial charge in [-0.3, -0.25) is 0 Å². The van der Waals surface area contributed by atoms with Crippen LogP contribution in [0.4, 0.5) is 4.79 Å². The molecule has 0 radical (unpaired) electrons. The Morgan fingerprint density at radius 1 is 1.36 bits per heavy atom. The summed E-state index contributed by atoms with van der Waals surface area (Å²) in [6, 6.07) is 0. The first-order valence-electron chi connectivity index (χ1n) is 3.76. The Hall–Kier alpha value is -0.770. The molecular weight excluding hydrogens is 144 g/mol. The number of nitrogens with zero attached hydrogens (tertiary/aromatic N) is 1. The summed E-state index contributed by atoms with van der Waals surface area (Å²) < 4.78 is 0. The SMILES string of the molecule is CC[NH2+]CC.CN(C)C(=O)[O-]. The van der Waals surface area contributed by atoms with E-state index in [-0.39, 0.29) is 0 Å². The molecule has 0 unspecified atom stereocenters. The molecule has 0 rings (SSSR count). The molecule has 4 heteroatoms. The minimum atomic E-state index is -1.16. The van der Waals surface area contributed by atoms with Crippen molar-refractivity contribution in [3.8, 4) is 0 Å². The molecule has 0 fully saturated rings. The van der Waals surface area contributed by atoms with E-state index >= 15 is 0 Å². The monoisotopic (exact) mass is 162 g/mol. The zero-order valence-electron chi connectivity index (χ0n) is 7.76. The van der Waals surface area contributed by atoms with Gasteiger partial charge < -0.3 is 20.1 Å². The van der Waals surface area contributed by atoms with E-state index in [1.165, 1.54) is 27.2 Å². The van der Waals surface area contributed by atoms with Crippen molar-refractivity contribution in [1.82, 2.24) is 4.90 Å². The molecule has 0 aromatic heterocycles. The molecule has 0 heterocycles.